The van der Waals surface area contributed by atoms with Crippen LogP contribution >= 0.6 is 55.1 Å². The quantitative estimate of drug-likeness (QED) is 0.183. The van der Waals surface area contributed by atoms with Crippen LogP contribution in [0, 0.1) is 0 Å². The van der Waals surface area contributed by atoms with Crippen LogP contribution in [0.2, 0.25) is 10.0 Å². The van der Waals surface area contributed by atoms with E-state index in [4.69, 9.17) is 32.7 Å². The molecule has 186 valence electrons. The Kier molecular flexibility index (Phi) is 8.72. The zero-order valence-electron chi connectivity index (χ0n) is 19.4. The van der Waals surface area contributed by atoms with Crippen LogP contribution in [0.5, 0.6) is 11.5 Å². The average molecular weight is 654 g/mol. The third-order valence-corrected chi connectivity index (χ3v) is 7.03. The lowest BCUT2D eigenvalue weighted by Gasteiger charge is -2.15. The third kappa shape index (κ3) is 5.94. The molecule has 0 unspecified atom stereocenters. The van der Waals surface area contributed by atoms with Gasteiger partial charge in [0.1, 0.15) is 12.4 Å². The Morgan fingerprint density at radius 1 is 1.03 bits per heavy atom. The molecular formula is C26H21Br2Cl2N3O3. The van der Waals surface area contributed by atoms with E-state index in [0.717, 1.165) is 15.6 Å². The molecule has 0 saturated carbocycles. The second-order valence-corrected chi connectivity index (χ2v) is 10.3. The highest BCUT2D eigenvalue weighted by Crippen LogP contribution is 2.37. The standard InChI is InChI=1S/C26H21Br2Cl2N3O3/c1-3-24-32-22-8-6-17(27)12-18(22)26(34)33(24)31-13-16-9-19(28)25(23(11-16)35-4-2)36-14-15-5-7-20(29)21(30)10-15/h5-13H,3-4,14H2,1-2H3. The molecule has 10 heteroatoms. The average Bonchev–Trinajstić information content (AvgIpc) is 2.85. The summed E-state index contributed by atoms with van der Waals surface area (Å²) in [5.74, 6) is 1.65. The maximum absolute atomic E-state index is 13.2. The Bertz CT molecular complexity index is 1520. The highest BCUT2D eigenvalue weighted by Gasteiger charge is 2.14. The minimum absolute atomic E-state index is 0.236. The summed E-state index contributed by atoms with van der Waals surface area (Å²) in [7, 11) is 0. The molecule has 0 radical (unpaired) electrons. The van der Waals surface area contributed by atoms with Gasteiger partial charge in [0.15, 0.2) is 11.5 Å². The van der Waals surface area contributed by atoms with Crippen LogP contribution in [0.25, 0.3) is 10.9 Å². The molecule has 1 heterocycles. The monoisotopic (exact) mass is 651 g/mol. The first kappa shape index (κ1) is 26.7. The maximum Gasteiger partial charge on any atom is 0.282 e. The lowest BCUT2D eigenvalue weighted by Crippen LogP contribution is -2.22. The summed E-state index contributed by atoms with van der Waals surface area (Å²) in [4.78, 5) is 17.8. The van der Waals surface area contributed by atoms with Crippen LogP contribution in [0.3, 0.4) is 0 Å². The smallest absolute Gasteiger partial charge is 0.282 e. The molecule has 6 nitrogen and oxygen atoms in total. The summed E-state index contributed by atoms with van der Waals surface area (Å²) in [6.07, 6.45) is 2.15. The molecule has 36 heavy (non-hydrogen) atoms. The van der Waals surface area contributed by atoms with Gasteiger partial charge in [-0.2, -0.15) is 9.78 Å². The predicted octanol–water partition coefficient (Wildman–Crippen LogP) is 7.65. The van der Waals surface area contributed by atoms with E-state index in [-0.39, 0.29) is 12.2 Å². The van der Waals surface area contributed by atoms with Gasteiger partial charge in [0.05, 0.1) is 38.2 Å². The van der Waals surface area contributed by atoms with Crippen molar-refractivity contribution in [2.75, 3.05) is 6.61 Å². The summed E-state index contributed by atoms with van der Waals surface area (Å²) in [5, 5.41) is 5.90. The molecule has 0 aliphatic rings. The lowest BCUT2D eigenvalue weighted by molar-refractivity contribution is 0.267. The number of nitrogens with zero attached hydrogens (tertiary/aromatic N) is 3. The van der Waals surface area contributed by atoms with Crippen molar-refractivity contribution in [3.8, 4) is 11.5 Å². The molecule has 4 aromatic rings. The van der Waals surface area contributed by atoms with Crippen molar-refractivity contribution < 1.29 is 9.47 Å². The molecule has 0 aliphatic carbocycles. The first-order chi connectivity index (χ1) is 17.3. The predicted molar refractivity (Wildman–Crippen MR) is 152 cm³/mol. The van der Waals surface area contributed by atoms with Gasteiger partial charge in [0.25, 0.3) is 5.56 Å². The Morgan fingerprint density at radius 2 is 1.83 bits per heavy atom. The van der Waals surface area contributed by atoms with E-state index in [1.807, 2.05) is 44.2 Å². The Labute approximate surface area is 235 Å². The topological polar surface area (TPSA) is 65.7 Å². The van der Waals surface area contributed by atoms with Crippen molar-refractivity contribution in [2.24, 2.45) is 5.10 Å². The molecule has 0 bridgehead atoms. The molecule has 0 aliphatic heterocycles. The van der Waals surface area contributed by atoms with E-state index < -0.39 is 0 Å². The first-order valence-electron chi connectivity index (χ1n) is 11.1. The minimum atomic E-state index is -0.236. The molecular weight excluding hydrogens is 633 g/mol. The maximum atomic E-state index is 13.2. The summed E-state index contributed by atoms with van der Waals surface area (Å²) < 4.78 is 14.7. The van der Waals surface area contributed by atoms with Crippen LogP contribution in [0.1, 0.15) is 30.8 Å². The molecule has 0 N–H and O–H groups in total. The van der Waals surface area contributed by atoms with Crippen LogP contribution in [-0.4, -0.2) is 22.5 Å². The van der Waals surface area contributed by atoms with Gasteiger partial charge in [0, 0.05) is 10.9 Å². The molecule has 4 rings (SSSR count). The molecule has 0 atom stereocenters. The fourth-order valence-electron chi connectivity index (χ4n) is 3.52. The zero-order valence-corrected chi connectivity index (χ0v) is 24.1. The first-order valence-corrected chi connectivity index (χ1v) is 13.4. The van der Waals surface area contributed by atoms with E-state index in [9.17, 15) is 4.79 Å². The number of fused-ring (bicyclic) bond motifs is 1. The number of aryl methyl sites for hydroxylation is 1. The summed E-state index contributed by atoms with van der Waals surface area (Å²) in [5.41, 5.74) is 1.98. The Hall–Kier alpha value is -2.39. The fourth-order valence-corrected chi connectivity index (χ4v) is 4.77. The van der Waals surface area contributed by atoms with E-state index in [2.05, 4.69) is 41.9 Å². The molecule has 0 spiro atoms. The highest BCUT2D eigenvalue weighted by molar-refractivity contribution is 9.10. The van der Waals surface area contributed by atoms with Gasteiger partial charge in [-0.25, -0.2) is 4.98 Å². The van der Waals surface area contributed by atoms with Crippen LogP contribution in [0.4, 0.5) is 0 Å². The van der Waals surface area contributed by atoms with Crippen LogP contribution < -0.4 is 15.0 Å². The highest BCUT2D eigenvalue weighted by atomic mass is 79.9. The molecule has 3 aromatic carbocycles. The SMILES string of the molecule is CCOc1cc(C=Nn2c(CC)nc3ccc(Br)cc3c2=O)cc(Br)c1OCc1ccc(Cl)c(Cl)c1. The van der Waals surface area contributed by atoms with Crippen molar-refractivity contribution >= 4 is 72.2 Å². The van der Waals surface area contributed by atoms with E-state index >= 15 is 0 Å². The number of hydrogen-bond acceptors (Lipinski definition) is 5. The van der Waals surface area contributed by atoms with Gasteiger partial charge >= 0.3 is 0 Å². The van der Waals surface area contributed by atoms with Crippen molar-refractivity contribution in [2.45, 2.75) is 26.9 Å². The van der Waals surface area contributed by atoms with Crippen molar-refractivity contribution in [1.29, 1.82) is 0 Å². The molecule has 0 fully saturated rings. The number of halogens is 4. The second-order valence-electron chi connectivity index (χ2n) is 7.70. The van der Waals surface area contributed by atoms with Gasteiger partial charge in [-0.05, 0) is 76.4 Å². The molecule has 0 saturated heterocycles. The van der Waals surface area contributed by atoms with Crippen molar-refractivity contribution in [3.05, 3.63) is 94.8 Å². The largest absolute Gasteiger partial charge is 0.490 e. The Balaban J connectivity index is 1.67. The van der Waals surface area contributed by atoms with Gasteiger partial charge in [-0.15, -0.1) is 0 Å². The number of ether oxygens (including phenoxy) is 2. The summed E-state index contributed by atoms with van der Waals surface area (Å²) in [6.45, 7) is 4.54. The second kappa shape index (κ2) is 11.8. The minimum Gasteiger partial charge on any atom is -0.490 e. The number of hydrogen-bond donors (Lipinski definition) is 0. The molecule has 0 amide bonds. The van der Waals surface area contributed by atoms with Crippen LogP contribution in [0.15, 0.2) is 67.4 Å². The van der Waals surface area contributed by atoms with E-state index in [1.165, 1.54) is 4.68 Å². The van der Waals surface area contributed by atoms with Gasteiger partial charge < -0.3 is 9.47 Å². The number of benzene rings is 3. The zero-order chi connectivity index (χ0) is 25.8. The van der Waals surface area contributed by atoms with Crippen molar-refractivity contribution in [3.63, 3.8) is 0 Å². The fraction of sp³-hybridized carbons (Fsp3) is 0.192. The van der Waals surface area contributed by atoms with Gasteiger partial charge in [-0.3, -0.25) is 4.79 Å². The molecule has 1 aromatic heterocycles. The number of aromatic nitrogens is 2. The Morgan fingerprint density at radius 3 is 2.56 bits per heavy atom. The van der Waals surface area contributed by atoms with Crippen LogP contribution in [-0.2, 0) is 13.0 Å². The summed E-state index contributed by atoms with van der Waals surface area (Å²) >= 11 is 19.1. The van der Waals surface area contributed by atoms with E-state index in [0.29, 0.717) is 55.8 Å². The normalized spacial score (nSPS) is 11.4. The number of rotatable bonds is 8. The van der Waals surface area contributed by atoms with Gasteiger partial charge in [0.2, 0.25) is 0 Å². The lowest BCUT2D eigenvalue weighted by atomic mass is 10.2. The van der Waals surface area contributed by atoms with Gasteiger partial charge in [-0.1, -0.05) is 52.1 Å². The van der Waals surface area contributed by atoms with Crippen molar-refractivity contribution in [1.82, 2.24) is 9.66 Å². The summed E-state index contributed by atoms with van der Waals surface area (Å²) in [6, 6.07) is 14.4. The third-order valence-electron chi connectivity index (χ3n) is 5.21. The van der Waals surface area contributed by atoms with E-state index in [1.54, 1.807) is 24.4 Å².